The summed E-state index contributed by atoms with van der Waals surface area (Å²) in [4.78, 5) is 11.7. The van der Waals surface area contributed by atoms with Crippen LogP contribution in [0.5, 0.6) is 5.75 Å². The van der Waals surface area contributed by atoms with Crippen molar-refractivity contribution >= 4 is 11.6 Å². The zero-order valence-corrected chi connectivity index (χ0v) is 11.4. The van der Waals surface area contributed by atoms with Crippen molar-refractivity contribution in [2.45, 2.75) is 32.2 Å². The van der Waals surface area contributed by atoms with Crippen LogP contribution in [0.25, 0.3) is 0 Å². The highest BCUT2D eigenvalue weighted by Crippen LogP contribution is 2.15. The Morgan fingerprint density at radius 1 is 1.42 bits per heavy atom. The van der Waals surface area contributed by atoms with E-state index in [2.05, 4.69) is 0 Å². The number of rotatable bonds is 6. The van der Waals surface area contributed by atoms with Gasteiger partial charge in [-0.25, -0.2) is 0 Å². The monoisotopic (exact) mass is 288 g/mol. The van der Waals surface area contributed by atoms with Gasteiger partial charge in [0.1, 0.15) is 25.2 Å². The molecule has 1 aromatic rings. The fraction of sp³-hybridized carbons (Fsp3) is 0.615. The van der Waals surface area contributed by atoms with E-state index in [1.807, 2.05) is 0 Å². The maximum atomic E-state index is 11.7. The highest BCUT2D eigenvalue weighted by Gasteiger charge is 2.15. The van der Waals surface area contributed by atoms with Gasteiger partial charge < -0.3 is 18.6 Å². The first kappa shape index (κ1) is 14.4. The average molecular weight is 289 g/mol. The Balaban J connectivity index is 1.86. The third-order valence-electron chi connectivity index (χ3n) is 2.74. The van der Waals surface area contributed by atoms with Gasteiger partial charge in [0.25, 0.3) is 0 Å². The van der Waals surface area contributed by atoms with Crippen LogP contribution in [0.15, 0.2) is 21.5 Å². The van der Waals surface area contributed by atoms with E-state index in [0.29, 0.717) is 11.6 Å². The summed E-state index contributed by atoms with van der Waals surface area (Å²) >= 11 is 5.48. The standard InChI is InChI=1S/C13H17ClO5/c14-4-6-16-12-9-18-10(7-11(12)15)8-19-13-3-1-2-5-17-13/h7,9,13H,1-6,8H2. The molecule has 1 aliphatic rings. The minimum absolute atomic E-state index is 0.165. The van der Waals surface area contributed by atoms with Gasteiger partial charge in [-0.15, -0.1) is 11.6 Å². The van der Waals surface area contributed by atoms with Gasteiger partial charge in [0, 0.05) is 12.7 Å². The molecule has 1 atom stereocenters. The van der Waals surface area contributed by atoms with Crippen LogP contribution in [-0.2, 0) is 16.1 Å². The van der Waals surface area contributed by atoms with E-state index in [1.165, 1.54) is 12.3 Å². The smallest absolute Gasteiger partial charge is 0.227 e. The summed E-state index contributed by atoms with van der Waals surface area (Å²) in [5.74, 6) is 0.944. The topological polar surface area (TPSA) is 57.9 Å². The van der Waals surface area contributed by atoms with Crippen molar-refractivity contribution in [1.82, 2.24) is 0 Å². The lowest BCUT2D eigenvalue weighted by molar-refractivity contribution is -0.171. The Bertz CT molecular complexity index is 439. The predicted octanol–water partition coefficient (Wildman–Crippen LogP) is 2.30. The van der Waals surface area contributed by atoms with E-state index in [9.17, 15) is 4.79 Å². The molecular weight excluding hydrogens is 272 g/mol. The summed E-state index contributed by atoms with van der Waals surface area (Å²) in [6, 6.07) is 1.37. The van der Waals surface area contributed by atoms with Gasteiger partial charge in [0.2, 0.25) is 11.2 Å². The van der Waals surface area contributed by atoms with Crippen molar-refractivity contribution in [2.75, 3.05) is 19.1 Å². The van der Waals surface area contributed by atoms with Crippen molar-refractivity contribution < 1.29 is 18.6 Å². The van der Waals surface area contributed by atoms with Gasteiger partial charge in [-0.1, -0.05) is 0 Å². The minimum atomic E-state index is -0.237. The second kappa shape index (κ2) is 7.53. The molecule has 1 saturated heterocycles. The van der Waals surface area contributed by atoms with Crippen LogP contribution in [0.1, 0.15) is 25.0 Å². The number of hydrogen-bond donors (Lipinski definition) is 0. The van der Waals surface area contributed by atoms with Crippen molar-refractivity contribution in [1.29, 1.82) is 0 Å². The van der Waals surface area contributed by atoms with Gasteiger partial charge in [-0.2, -0.15) is 0 Å². The Hall–Kier alpha value is -1.04. The third kappa shape index (κ3) is 4.53. The van der Waals surface area contributed by atoms with Gasteiger partial charge in [0.15, 0.2) is 6.29 Å². The number of hydrogen-bond acceptors (Lipinski definition) is 5. The van der Waals surface area contributed by atoms with Gasteiger partial charge in [-0.05, 0) is 19.3 Å². The lowest BCUT2D eigenvalue weighted by Crippen LogP contribution is -2.22. The quantitative estimate of drug-likeness (QED) is 0.752. The van der Waals surface area contributed by atoms with Crippen molar-refractivity contribution in [2.24, 2.45) is 0 Å². The lowest BCUT2D eigenvalue weighted by atomic mass is 10.2. The molecule has 0 aliphatic carbocycles. The van der Waals surface area contributed by atoms with Crippen LogP contribution in [0, 0.1) is 0 Å². The molecule has 106 valence electrons. The largest absolute Gasteiger partial charge is 0.485 e. The van der Waals surface area contributed by atoms with Gasteiger partial charge in [0.05, 0.1) is 5.88 Å². The predicted molar refractivity (Wildman–Crippen MR) is 69.6 cm³/mol. The molecular formula is C13H17ClO5. The van der Waals surface area contributed by atoms with Crippen molar-refractivity contribution in [3.8, 4) is 5.75 Å². The molecule has 19 heavy (non-hydrogen) atoms. The molecule has 0 aromatic carbocycles. The summed E-state index contributed by atoms with van der Waals surface area (Å²) in [7, 11) is 0. The van der Waals surface area contributed by atoms with Crippen molar-refractivity contribution in [3.05, 3.63) is 28.3 Å². The van der Waals surface area contributed by atoms with Crippen LogP contribution in [0.2, 0.25) is 0 Å². The highest BCUT2D eigenvalue weighted by molar-refractivity contribution is 6.17. The van der Waals surface area contributed by atoms with Gasteiger partial charge >= 0.3 is 0 Å². The van der Waals surface area contributed by atoms with Gasteiger partial charge in [-0.3, -0.25) is 4.79 Å². The van der Waals surface area contributed by atoms with E-state index >= 15 is 0 Å². The molecule has 1 fully saturated rings. The maximum absolute atomic E-state index is 11.7. The number of alkyl halides is 1. The minimum Gasteiger partial charge on any atom is -0.485 e. The molecule has 0 spiro atoms. The Kier molecular flexibility index (Phi) is 5.69. The normalized spacial score (nSPS) is 19.3. The molecule has 0 amide bonds. The molecule has 6 heteroatoms. The fourth-order valence-corrected chi connectivity index (χ4v) is 1.86. The first-order valence-electron chi connectivity index (χ1n) is 6.33. The molecule has 0 radical (unpaired) electrons. The van der Waals surface area contributed by atoms with E-state index < -0.39 is 0 Å². The lowest BCUT2D eigenvalue weighted by Gasteiger charge is -2.22. The Morgan fingerprint density at radius 3 is 3.00 bits per heavy atom. The molecule has 0 N–H and O–H groups in total. The van der Waals surface area contributed by atoms with E-state index in [-0.39, 0.29) is 30.7 Å². The van der Waals surface area contributed by atoms with Crippen LogP contribution in [0.3, 0.4) is 0 Å². The van der Waals surface area contributed by atoms with Crippen LogP contribution in [0.4, 0.5) is 0 Å². The second-order valence-corrected chi connectivity index (χ2v) is 4.60. The van der Waals surface area contributed by atoms with Crippen LogP contribution in [-0.4, -0.2) is 25.4 Å². The Morgan fingerprint density at radius 2 is 2.32 bits per heavy atom. The second-order valence-electron chi connectivity index (χ2n) is 4.22. The summed E-state index contributed by atoms with van der Waals surface area (Å²) in [6.07, 6.45) is 4.13. The molecule has 5 nitrogen and oxygen atoms in total. The molecule has 0 saturated carbocycles. The van der Waals surface area contributed by atoms with E-state index in [4.69, 9.17) is 30.2 Å². The first-order chi connectivity index (χ1) is 9.29. The third-order valence-corrected chi connectivity index (χ3v) is 2.89. The SMILES string of the molecule is O=c1cc(COC2CCCCO2)occ1OCCCl. The summed E-state index contributed by atoms with van der Waals surface area (Å²) < 4.78 is 21.4. The molecule has 1 aliphatic heterocycles. The van der Waals surface area contributed by atoms with E-state index in [1.54, 1.807) is 0 Å². The Labute approximate surface area is 116 Å². The zero-order chi connectivity index (χ0) is 13.5. The molecule has 2 rings (SSSR count). The summed E-state index contributed by atoms with van der Waals surface area (Å²) in [6.45, 7) is 1.22. The first-order valence-corrected chi connectivity index (χ1v) is 6.87. The summed E-state index contributed by atoms with van der Waals surface area (Å²) in [5, 5.41) is 0. The number of halogens is 1. The zero-order valence-electron chi connectivity index (χ0n) is 10.6. The average Bonchev–Trinajstić information content (AvgIpc) is 2.45. The fourth-order valence-electron chi connectivity index (χ4n) is 1.79. The molecule has 0 bridgehead atoms. The summed E-state index contributed by atoms with van der Waals surface area (Å²) in [5.41, 5.74) is -0.237. The van der Waals surface area contributed by atoms with Crippen LogP contribution < -0.4 is 10.2 Å². The molecule has 1 unspecified atom stereocenters. The van der Waals surface area contributed by atoms with Crippen LogP contribution >= 0.6 is 11.6 Å². The molecule has 2 heterocycles. The molecule has 1 aromatic heterocycles. The maximum Gasteiger partial charge on any atom is 0.227 e. The number of ether oxygens (including phenoxy) is 3. The van der Waals surface area contributed by atoms with E-state index in [0.717, 1.165) is 25.9 Å². The van der Waals surface area contributed by atoms with Crippen molar-refractivity contribution in [3.63, 3.8) is 0 Å². The highest BCUT2D eigenvalue weighted by atomic mass is 35.5.